The van der Waals surface area contributed by atoms with Gasteiger partial charge in [-0.1, -0.05) is 54.6 Å². The number of amides is 1. The van der Waals surface area contributed by atoms with Crippen molar-refractivity contribution in [2.45, 2.75) is 31.1 Å². The molecule has 3 aromatic carbocycles. The molecule has 8 nitrogen and oxygen atoms in total. The fraction of sp³-hybridized carbons (Fsp3) is 0.194. The Morgan fingerprint density at radius 1 is 0.909 bits per heavy atom. The van der Waals surface area contributed by atoms with Crippen LogP contribution < -0.4 is 15.2 Å². The molecule has 8 heteroatoms. The second-order valence-corrected chi connectivity index (χ2v) is 10.8. The highest BCUT2D eigenvalue weighted by Crippen LogP contribution is 2.40. The molecule has 0 aliphatic carbocycles. The van der Waals surface area contributed by atoms with Crippen LogP contribution in [-0.4, -0.2) is 39.6 Å². The van der Waals surface area contributed by atoms with Crippen molar-refractivity contribution >= 4 is 16.8 Å². The lowest BCUT2D eigenvalue weighted by Crippen LogP contribution is -2.30. The van der Waals surface area contributed by atoms with Gasteiger partial charge in [-0.05, 0) is 54.3 Å². The number of carbonyl (C=O) groups excluding carboxylic acids is 1. The summed E-state index contributed by atoms with van der Waals surface area (Å²) in [6, 6.07) is 29.8. The Morgan fingerprint density at radius 2 is 1.70 bits per heavy atom. The number of benzene rings is 3. The molecule has 0 aliphatic rings. The molecule has 222 valence electrons. The zero-order valence-electron chi connectivity index (χ0n) is 24.8. The SMILES string of the molecule is COc1ccc(-n2c(C(Cc3c[nH]c4ccccc34)C(C(N)=O)c3ccccn3)cnc2CCc2ccccc2)c(OC)c1. The first-order valence-electron chi connectivity index (χ1n) is 14.7. The minimum atomic E-state index is -0.716. The highest BCUT2D eigenvalue weighted by atomic mass is 16.5. The number of nitrogens with one attached hydrogen (secondary N) is 1. The normalized spacial score (nSPS) is 12.6. The number of hydrogen-bond donors (Lipinski definition) is 2. The second-order valence-electron chi connectivity index (χ2n) is 10.8. The van der Waals surface area contributed by atoms with E-state index in [1.54, 1.807) is 20.4 Å². The van der Waals surface area contributed by atoms with E-state index in [0.717, 1.165) is 40.1 Å². The maximum Gasteiger partial charge on any atom is 0.227 e. The number of primary amides is 1. The molecular weight excluding hydrogens is 550 g/mol. The van der Waals surface area contributed by atoms with E-state index in [9.17, 15) is 4.79 Å². The highest BCUT2D eigenvalue weighted by molar-refractivity contribution is 5.85. The molecule has 0 fully saturated rings. The first kappa shape index (κ1) is 28.7. The van der Waals surface area contributed by atoms with E-state index in [4.69, 9.17) is 20.2 Å². The van der Waals surface area contributed by atoms with Gasteiger partial charge in [0.25, 0.3) is 0 Å². The Bertz CT molecular complexity index is 1860. The molecule has 3 N–H and O–H groups in total. The van der Waals surface area contributed by atoms with Crippen LogP contribution in [0.5, 0.6) is 11.5 Å². The number of para-hydroxylation sites is 1. The van der Waals surface area contributed by atoms with Crippen LogP contribution in [-0.2, 0) is 24.1 Å². The smallest absolute Gasteiger partial charge is 0.227 e. The molecule has 1 amide bonds. The number of pyridine rings is 1. The lowest BCUT2D eigenvalue weighted by molar-refractivity contribution is -0.120. The van der Waals surface area contributed by atoms with Crippen LogP contribution >= 0.6 is 0 Å². The summed E-state index contributed by atoms with van der Waals surface area (Å²) >= 11 is 0. The van der Waals surface area contributed by atoms with Crippen LogP contribution in [0.1, 0.15) is 40.2 Å². The summed E-state index contributed by atoms with van der Waals surface area (Å²) in [4.78, 5) is 26.3. The number of hydrogen-bond acceptors (Lipinski definition) is 5. The molecule has 2 atom stereocenters. The van der Waals surface area contributed by atoms with Gasteiger partial charge < -0.3 is 20.2 Å². The third-order valence-corrected chi connectivity index (χ3v) is 8.18. The molecule has 6 rings (SSSR count). The van der Waals surface area contributed by atoms with Gasteiger partial charge in [-0.2, -0.15) is 0 Å². The van der Waals surface area contributed by atoms with E-state index in [-0.39, 0.29) is 0 Å². The van der Waals surface area contributed by atoms with E-state index in [1.165, 1.54) is 5.56 Å². The van der Waals surface area contributed by atoms with E-state index in [1.807, 2.05) is 85.2 Å². The summed E-state index contributed by atoms with van der Waals surface area (Å²) in [5, 5.41) is 1.10. The molecule has 0 saturated carbocycles. The number of rotatable bonds is 12. The molecule has 6 aromatic rings. The summed E-state index contributed by atoms with van der Waals surface area (Å²) < 4.78 is 13.5. The topological polar surface area (TPSA) is 108 Å². The number of aromatic nitrogens is 4. The maximum absolute atomic E-state index is 13.4. The summed E-state index contributed by atoms with van der Waals surface area (Å²) in [6.45, 7) is 0. The molecule has 3 aromatic heterocycles. The molecule has 2 unspecified atom stereocenters. The molecule has 0 spiro atoms. The number of fused-ring (bicyclic) bond motifs is 1. The maximum atomic E-state index is 13.4. The number of nitrogens with zero attached hydrogens (tertiary/aromatic N) is 3. The Morgan fingerprint density at radius 3 is 2.45 bits per heavy atom. The van der Waals surface area contributed by atoms with Crippen molar-refractivity contribution in [1.29, 1.82) is 0 Å². The lowest BCUT2D eigenvalue weighted by atomic mass is 9.81. The number of aryl methyl sites for hydroxylation is 2. The van der Waals surface area contributed by atoms with Crippen LogP contribution in [0.25, 0.3) is 16.6 Å². The van der Waals surface area contributed by atoms with Crippen molar-refractivity contribution in [2.24, 2.45) is 5.73 Å². The first-order valence-corrected chi connectivity index (χ1v) is 14.7. The van der Waals surface area contributed by atoms with Gasteiger partial charge in [-0.15, -0.1) is 0 Å². The summed E-state index contributed by atoms with van der Waals surface area (Å²) in [7, 11) is 3.27. The van der Waals surface area contributed by atoms with Crippen LogP contribution in [0.3, 0.4) is 0 Å². The average Bonchev–Trinajstić information content (AvgIpc) is 3.68. The molecule has 3 heterocycles. The van der Waals surface area contributed by atoms with E-state index >= 15 is 0 Å². The lowest BCUT2D eigenvalue weighted by Gasteiger charge is -2.27. The molecule has 44 heavy (non-hydrogen) atoms. The van der Waals surface area contributed by atoms with Crippen LogP contribution in [0, 0.1) is 0 Å². The van der Waals surface area contributed by atoms with Crippen molar-refractivity contribution < 1.29 is 14.3 Å². The molecule has 0 bridgehead atoms. The van der Waals surface area contributed by atoms with E-state index in [0.29, 0.717) is 30.0 Å². The van der Waals surface area contributed by atoms with Crippen molar-refractivity contribution in [3.8, 4) is 17.2 Å². The Labute approximate surface area is 256 Å². The molecule has 0 saturated heterocycles. The van der Waals surface area contributed by atoms with Crippen molar-refractivity contribution in [1.82, 2.24) is 19.5 Å². The fourth-order valence-corrected chi connectivity index (χ4v) is 6.03. The third kappa shape index (κ3) is 5.79. The van der Waals surface area contributed by atoms with Gasteiger partial charge in [-0.3, -0.25) is 14.3 Å². The number of aromatic amines is 1. The first-order chi connectivity index (χ1) is 21.6. The monoisotopic (exact) mass is 585 g/mol. The second kappa shape index (κ2) is 12.9. The molecule has 0 aliphatic heterocycles. The van der Waals surface area contributed by atoms with Crippen LogP contribution in [0.4, 0.5) is 0 Å². The number of H-pyrrole nitrogens is 1. The van der Waals surface area contributed by atoms with Crippen molar-refractivity contribution in [3.63, 3.8) is 0 Å². The van der Waals surface area contributed by atoms with Gasteiger partial charge in [-0.25, -0.2) is 4.98 Å². The minimum Gasteiger partial charge on any atom is -0.497 e. The van der Waals surface area contributed by atoms with Gasteiger partial charge in [0.1, 0.15) is 17.3 Å². The predicted molar refractivity (Wildman–Crippen MR) is 171 cm³/mol. The van der Waals surface area contributed by atoms with Gasteiger partial charge in [0.15, 0.2) is 0 Å². The number of carbonyl (C=O) groups is 1. The number of ether oxygens (including phenoxy) is 2. The summed E-state index contributed by atoms with van der Waals surface area (Å²) in [5.41, 5.74) is 11.8. The van der Waals surface area contributed by atoms with Crippen LogP contribution in [0.2, 0.25) is 0 Å². The Kier molecular flexibility index (Phi) is 8.41. The average molecular weight is 586 g/mol. The number of methoxy groups -OCH3 is 2. The van der Waals surface area contributed by atoms with Crippen LogP contribution in [0.15, 0.2) is 110 Å². The largest absolute Gasteiger partial charge is 0.497 e. The quantitative estimate of drug-likeness (QED) is 0.179. The Balaban J connectivity index is 1.55. The standard InChI is InChI=1S/C36H35N5O3/c1-43-26-16-17-31(33(21-26)44-2)41-32(23-40-34(41)18-15-24-10-4-3-5-11-24)28(35(36(37)42)30-14-8-9-19-38-30)20-25-22-39-29-13-7-6-12-27(25)29/h3-14,16-17,19,21-23,28,35,39H,15,18,20H2,1-2H3,(H2,37,42). The number of imidazole rings is 1. The van der Waals surface area contributed by atoms with Gasteiger partial charge >= 0.3 is 0 Å². The van der Waals surface area contributed by atoms with Gasteiger partial charge in [0.05, 0.1) is 31.5 Å². The number of nitrogens with two attached hydrogens (primary N) is 1. The Hall–Kier alpha value is -5.37. The minimum absolute atomic E-state index is 0.397. The molecule has 0 radical (unpaired) electrons. The predicted octanol–water partition coefficient (Wildman–Crippen LogP) is 6.15. The van der Waals surface area contributed by atoms with E-state index in [2.05, 4.69) is 32.7 Å². The summed E-state index contributed by atoms with van der Waals surface area (Å²) in [6.07, 6.45) is 7.58. The van der Waals surface area contributed by atoms with Crippen molar-refractivity contribution in [2.75, 3.05) is 14.2 Å². The van der Waals surface area contributed by atoms with Crippen molar-refractivity contribution in [3.05, 3.63) is 138 Å². The van der Waals surface area contributed by atoms with E-state index < -0.39 is 17.7 Å². The van der Waals surface area contributed by atoms with Gasteiger partial charge in [0, 0.05) is 53.6 Å². The third-order valence-electron chi connectivity index (χ3n) is 8.18. The molecular formula is C36H35N5O3. The zero-order valence-corrected chi connectivity index (χ0v) is 24.8. The fourth-order valence-electron chi connectivity index (χ4n) is 6.03. The highest BCUT2D eigenvalue weighted by Gasteiger charge is 2.35. The van der Waals surface area contributed by atoms with Gasteiger partial charge in [0.2, 0.25) is 5.91 Å². The summed E-state index contributed by atoms with van der Waals surface area (Å²) in [5.74, 6) is 0.591. The zero-order chi connectivity index (χ0) is 30.5.